The highest BCUT2D eigenvalue weighted by Gasteiger charge is 2.28. The second kappa shape index (κ2) is 6.74. The maximum absolute atomic E-state index is 12.1. The van der Waals surface area contributed by atoms with Crippen LogP contribution in [0.4, 0.5) is 0 Å². The van der Waals surface area contributed by atoms with E-state index in [0.29, 0.717) is 0 Å². The van der Waals surface area contributed by atoms with Gasteiger partial charge in [0.1, 0.15) is 5.75 Å². The molecule has 0 saturated heterocycles. The Hall–Kier alpha value is -2.57. The first-order chi connectivity index (χ1) is 9.74. The maximum atomic E-state index is 12.1. The molecule has 0 saturated carbocycles. The Kier molecular flexibility index (Phi) is 5.29. The molecule has 7 heteroatoms. The summed E-state index contributed by atoms with van der Waals surface area (Å²) in [7, 11) is 0. The molecule has 0 unspecified atom stereocenters. The summed E-state index contributed by atoms with van der Waals surface area (Å²) in [6, 6.07) is 6.32. The molecule has 2 amide bonds. The molecule has 0 spiro atoms. The van der Waals surface area contributed by atoms with Gasteiger partial charge in [-0.05, 0) is 26.0 Å². The molecule has 1 aromatic rings. The Morgan fingerprint density at radius 3 is 2.48 bits per heavy atom. The number of primary amides is 1. The summed E-state index contributed by atoms with van der Waals surface area (Å²) in [6.45, 7) is 2.63. The third kappa shape index (κ3) is 4.79. The lowest BCUT2D eigenvalue weighted by Gasteiger charge is -2.20. The van der Waals surface area contributed by atoms with Crippen molar-refractivity contribution in [2.45, 2.75) is 13.8 Å². The maximum Gasteiger partial charge on any atom is 0.310 e. The third-order valence-corrected chi connectivity index (χ3v) is 2.77. The summed E-state index contributed by atoms with van der Waals surface area (Å²) >= 11 is 0. The summed E-state index contributed by atoms with van der Waals surface area (Å²) in [6.07, 6.45) is 0. The lowest BCUT2D eigenvalue weighted by molar-refractivity contribution is -0.146. The first-order valence-electron chi connectivity index (χ1n) is 6.26. The molecule has 0 aliphatic carbocycles. The van der Waals surface area contributed by atoms with E-state index in [4.69, 9.17) is 15.6 Å². The van der Waals surface area contributed by atoms with Gasteiger partial charge in [0.05, 0.1) is 11.0 Å². The normalized spacial score (nSPS) is 10.8. The molecule has 0 bridgehead atoms. The van der Waals surface area contributed by atoms with Crippen LogP contribution < -0.4 is 15.8 Å². The van der Waals surface area contributed by atoms with Crippen molar-refractivity contribution in [1.29, 1.82) is 0 Å². The molecule has 21 heavy (non-hydrogen) atoms. The van der Waals surface area contributed by atoms with E-state index in [2.05, 4.69) is 5.32 Å². The smallest absolute Gasteiger partial charge is 0.310 e. The number of amides is 2. The van der Waals surface area contributed by atoms with Crippen molar-refractivity contribution in [2.24, 2.45) is 11.1 Å². The molecule has 114 valence electrons. The third-order valence-electron chi connectivity index (χ3n) is 2.77. The number of hydrogen-bond acceptors (Lipinski definition) is 4. The van der Waals surface area contributed by atoms with Crippen molar-refractivity contribution in [3.05, 3.63) is 29.8 Å². The summed E-state index contributed by atoms with van der Waals surface area (Å²) in [5.41, 5.74) is 4.11. The Morgan fingerprint density at radius 1 is 1.29 bits per heavy atom. The number of carbonyl (C=O) groups excluding carboxylic acids is 2. The van der Waals surface area contributed by atoms with E-state index < -0.39 is 23.2 Å². The molecular weight excluding hydrogens is 276 g/mol. The average Bonchev–Trinajstić information content (AvgIpc) is 2.42. The number of aliphatic carboxylic acids is 1. The van der Waals surface area contributed by atoms with Crippen molar-refractivity contribution in [3.63, 3.8) is 0 Å². The van der Waals surface area contributed by atoms with Crippen molar-refractivity contribution in [2.75, 3.05) is 13.2 Å². The second-order valence-corrected chi connectivity index (χ2v) is 5.12. The first kappa shape index (κ1) is 16.5. The first-order valence-corrected chi connectivity index (χ1v) is 6.26. The molecule has 0 heterocycles. The molecule has 7 nitrogen and oxygen atoms in total. The molecule has 0 aromatic heterocycles. The van der Waals surface area contributed by atoms with Crippen LogP contribution in [0.3, 0.4) is 0 Å². The number of carboxylic acids is 1. The predicted molar refractivity (Wildman–Crippen MR) is 74.9 cm³/mol. The lowest BCUT2D eigenvalue weighted by atomic mass is 9.94. The number of carboxylic acid groups (broad SMARTS) is 1. The van der Waals surface area contributed by atoms with E-state index in [9.17, 15) is 14.4 Å². The monoisotopic (exact) mass is 294 g/mol. The molecule has 0 aliphatic rings. The Morgan fingerprint density at radius 2 is 1.90 bits per heavy atom. The summed E-state index contributed by atoms with van der Waals surface area (Å²) in [5.74, 6) is -1.94. The van der Waals surface area contributed by atoms with Gasteiger partial charge in [0.15, 0.2) is 6.61 Å². The van der Waals surface area contributed by atoms with Crippen molar-refractivity contribution in [3.8, 4) is 5.75 Å². The number of nitrogens with one attached hydrogen (secondary N) is 1. The van der Waals surface area contributed by atoms with Gasteiger partial charge in [-0.1, -0.05) is 12.1 Å². The fourth-order valence-electron chi connectivity index (χ4n) is 1.40. The Labute approximate surface area is 122 Å². The van der Waals surface area contributed by atoms with Gasteiger partial charge < -0.3 is 20.9 Å². The van der Waals surface area contributed by atoms with Gasteiger partial charge in [-0.2, -0.15) is 0 Å². The van der Waals surface area contributed by atoms with Gasteiger partial charge in [-0.15, -0.1) is 0 Å². The minimum absolute atomic E-state index is 0.0364. The number of ether oxygens (including phenoxy) is 1. The van der Waals surface area contributed by atoms with Gasteiger partial charge in [0, 0.05) is 6.54 Å². The van der Waals surface area contributed by atoms with Crippen LogP contribution in [0.25, 0.3) is 0 Å². The number of rotatable bonds is 7. The molecule has 1 rings (SSSR count). The van der Waals surface area contributed by atoms with Crippen LogP contribution >= 0.6 is 0 Å². The lowest BCUT2D eigenvalue weighted by Crippen LogP contribution is -2.39. The molecular formula is C14H18N2O5. The SMILES string of the molecule is CC(C)(CNC(=O)c1ccccc1OCC(N)=O)C(=O)O. The quantitative estimate of drug-likeness (QED) is 0.672. The highest BCUT2D eigenvalue weighted by Crippen LogP contribution is 2.19. The molecule has 4 N–H and O–H groups in total. The molecule has 0 radical (unpaired) electrons. The van der Waals surface area contributed by atoms with Crippen LogP contribution in [0.1, 0.15) is 24.2 Å². The van der Waals surface area contributed by atoms with Gasteiger partial charge in [-0.25, -0.2) is 0 Å². The number of nitrogens with two attached hydrogens (primary N) is 1. The summed E-state index contributed by atoms with van der Waals surface area (Å²) in [5, 5.41) is 11.5. The molecule has 0 aliphatic heterocycles. The number of hydrogen-bond donors (Lipinski definition) is 3. The van der Waals surface area contributed by atoms with Crippen molar-refractivity contribution < 1.29 is 24.2 Å². The fraction of sp³-hybridized carbons (Fsp3) is 0.357. The van der Waals surface area contributed by atoms with E-state index in [-0.39, 0.29) is 24.5 Å². The summed E-state index contributed by atoms with van der Waals surface area (Å²) in [4.78, 5) is 33.8. The zero-order chi connectivity index (χ0) is 16.0. The van der Waals surface area contributed by atoms with Crippen LogP contribution in [0.2, 0.25) is 0 Å². The fourth-order valence-corrected chi connectivity index (χ4v) is 1.40. The average molecular weight is 294 g/mol. The van der Waals surface area contributed by atoms with Crippen LogP contribution in [0.15, 0.2) is 24.3 Å². The van der Waals surface area contributed by atoms with E-state index in [0.717, 1.165) is 0 Å². The van der Waals surface area contributed by atoms with Crippen molar-refractivity contribution >= 4 is 17.8 Å². The van der Waals surface area contributed by atoms with E-state index in [1.807, 2.05) is 0 Å². The van der Waals surface area contributed by atoms with E-state index in [1.54, 1.807) is 12.1 Å². The number of carbonyl (C=O) groups is 3. The standard InChI is InChI=1S/C14H18N2O5/c1-14(2,13(19)20)8-16-12(18)9-5-3-4-6-10(9)21-7-11(15)17/h3-6H,7-8H2,1-2H3,(H2,15,17)(H,16,18)(H,19,20). The zero-order valence-electron chi connectivity index (χ0n) is 11.9. The number of benzene rings is 1. The van der Waals surface area contributed by atoms with Crippen LogP contribution in [0.5, 0.6) is 5.75 Å². The van der Waals surface area contributed by atoms with E-state index in [1.165, 1.54) is 26.0 Å². The Bertz CT molecular complexity index is 554. The molecule has 0 atom stereocenters. The van der Waals surface area contributed by atoms with Gasteiger partial charge in [0.2, 0.25) is 0 Å². The Balaban J connectivity index is 2.78. The minimum atomic E-state index is -1.08. The van der Waals surface area contributed by atoms with E-state index >= 15 is 0 Å². The minimum Gasteiger partial charge on any atom is -0.483 e. The van der Waals surface area contributed by atoms with Gasteiger partial charge in [0.25, 0.3) is 11.8 Å². The highest BCUT2D eigenvalue weighted by atomic mass is 16.5. The van der Waals surface area contributed by atoms with Gasteiger partial charge in [-0.3, -0.25) is 14.4 Å². The topological polar surface area (TPSA) is 119 Å². The van der Waals surface area contributed by atoms with Crippen LogP contribution in [0, 0.1) is 5.41 Å². The molecule has 1 aromatic carbocycles. The largest absolute Gasteiger partial charge is 0.483 e. The predicted octanol–water partition coefficient (Wildman–Crippen LogP) is 0.391. The zero-order valence-corrected chi connectivity index (χ0v) is 11.9. The summed E-state index contributed by atoms with van der Waals surface area (Å²) < 4.78 is 5.15. The van der Waals surface area contributed by atoms with Crippen LogP contribution in [-0.2, 0) is 9.59 Å². The van der Waals surface area contributed by atoms with Crippen LogP contribution in [-0.4, -0.2) is 36.0 Å². The van der Waals surface area contributed by atoms with Crippen molar-refractivity contribution in [1.82, 2.24) is 5.32 Å². The molecule has 0 fully saturated rings. The second-order valence-electron chi connectivity index (χ2n) is 5.12. The van der Waals surface area contributed by atoms with Gasteiger partial charge >= 0.3 is 5.97 Å². The highest BCUT2D eigenvalue weighted by molar-refractivity contribution is 5.97. The number of para-hydroxylation sites is 1.